The van der Waals surface area contributed by atoms with E-state index in [1.54, 1.807) is 0 Å². The first-order valence-corrected chi connectivity index (χ1v) is 16.0. The molecule has 0 rings (SSSR count). The minimum atomic E-state index is -4.31. The molecule has 0 fully saturated rings. The van der Waals surface area contributed by atoms with Crippen LogP contribution in [-0.4, -0.2) is 34.6 Å². The monoisotopic (exact) mass is 523 g/mol. The molecule has 1 amide bonds. The largest absolute Gasteiger partial charge is 0.469 e. The molecule has 0 heterocycles. The molecule has 0 saturated carbocycles. The quantitative estimate of drug-likeness (QED) is 0.0567. The zero-order valence-electron chi connectivity index (χ0n) is 22.0. The Morgan fingerprint density at radius 2 is 1.24 bits per heavy atom. The number of unbranched alkanes of at least 4 members (excludes halogenated alkanes) is 10. The lowest BCUT2D eigenvalue weighted by atomic mass is 9.93. The van der Waals surface area contributed by atoms with Crippen LogP contribution in [0.3, 0.4) is 0 Å². The Labute approximate surface area is 215 Å². The maximum atomic E-state index is 11.5. The molecular formula is C26H54NO5PS. The summed E-state index contributed by atoms with van der Waals surface area (Å²) in [5, 5.41) is 2.99. The van der Waals surface area contributed by atoms with Crippen molar-refractivity contribution < 1.29 is 23.7 Å². The Hall–Kier alpha value is -0.0700. The van der Waals surface area contributed by atoms with E-state index in [2.05, 4.69) is 36.3 Å². The third-order valence-corrected chi connectivity index (χ3v) is 7.36. The molecule has 3 N–H and O–H groups in total. The predicted molar refractivity (Wildman–Crippen MR) is 146 cm³/mol. The average Bonchev–Trinajstić information content (AvgIpc) is 2.77. The molecule has 0 aliphatic rings. The Balaban J connectivity index is 3.32. The van der Waals surface area contributed by atoms with E-state index in [-0.39, 0.29) is 12.5 Å². The number of hydrogen-bond acceptors (Lipinski definition) is 4. The van der Waals surface area contributed by atoms with E-state index in [1.807, 2.05) is 0 Å². The highest BCUT2D eigenvalue weighted by atomic mass is 32.1. The maximum absolute atomic E-state index is 11.5. The van der Waals surface area contributed by atoms with Gasteiger partial charge in [0.25, 0.3) is 0 Å². The molecule has 0 aromatic carbocycles. The van der Waals surface area contributed by atoms with Crippen LogP contribution in [-0.2, 0) is 13.9 Å². The van der Waals surface area contributed by atoms with Crippen LogP contribution >= 0.6 is 20.5 Å². The van der Waals surface area contributed by atoms with Gasteiger partial charge in [0.05, 0.1) is 6.61 Å². The van der Waals surface area contributed by atoms with Crippen LogP contribution in [0.2, 0.25) is 0 Å². The summed E-state index contributed by atoms with van der Waals surface area (Å²) in [7, 11) is -4.31. The highest BCUT2D eigenvalue weighted by molar-refractivity contribution is 7.80. The molecule has 204 valence electrons. The van der Waals surface area contributed by atoms with Crippen molar-refractivity contribution in [1.29, 1.82) is 0 Å². The standard InChI is InChI=1S/C26H54NO5PS/c1-24(17-14-18-25(2)20-22-32-33(29,30)31)16-12-10-8-6-4-3-5-7-9-11-13-21-27-26(28)19-15-23-34/h24-25,34H,3-23H2,1-2H3,(H,27,28)(H2,29,30,31). The maximum Gasteiger partial charge on any atom is 0.469 e. The van der Waals surface area contributed by atoms with Crippen LogP contribution in [0.4, 0.5) is 0 Å². The summed E-state index contributed by atoms with van der Waals surface area (Å²) < 4.78 is 15.2. The predicted octanol–water partition coefficient (Wildman–Crippen LogP) is 7.44. The van der Waals surface area contributed by atoms with Crippen molar-refractivity contribution in [1.82, 2.24) is 5.32 Å². The minimum absolute atomic E-state index is 0.138. The number of carbonyl (C=O) groups is 1. The lowest BCUT2D eigenvalue weighted by molar-refractivity contribution is -0.121. The van der Waals surface area contributed by atoms with Crippen LogP contribution in [0.5, 0.6) is 0 Å². The number of hydrogen-bond donors (Lipinski definition) is 4. The Kier molecular flexibility index (Phi) is 23.3. The fourth-order valence-electron chi connectivity index (χ4n) is 4.24. The zero-order valence-corrected chi connectivity index (χ0v) is 23.8. The summed E-state index contributed by atoms with van der Waals surface area (Å²) in [6, 6.07) is 0. The number of amides is 1. The van der Waals surface area contributed by atoms with Crippen molar-refractivity contribution >= 4 is 26.4 Å². The van der Waals surface area contributed by atoms with E-state index in [1.165, 1.54) is 83.5 Å². The summed E-state index contributed by atoms with van der Waals surface area (Å²) in [6.45, 7) is 5.43. The first-order valence-electron chi connectivity index (χ1n) is 13.8. The van der Waals surface area contributed by atoms with Gasteiger partial charge in [-0.15, -0.1) is 0 Å². The Morgan fingerprint density at radius 3 is 1.76 bits per heavy atom. The van der Waals surface area contributed by atoms with Crippen molar-refractivity contribution in [2.24, 2.45) is 11.8 Å². The smallest absolute Gasteiger partial charge is 0.356 e. The second-order valence-corrected chi connectivity index (χ2v) is 11.8. The molecule has 6 nitrogen and oxygen atoms in total. The molecule has 0 saturated heterocycles. The first kappa shape index (κ1) is 33.9. The summed E-state index contributed by atoms with van der Waals surface area (Å²) in [5.74, 6) is 2.15. The third-order valence-electron chi connectivity index (χ3n) is 6.52. The molecular weight excluding hydrogens is 469 g/mol. The average molecular weight is 524 g/mol. The van der Waals surface area contributed by atoms with E-state index in [0.29, 0.717) is 18.8 Å². The summed E-state index contributed by atoms with van der Waals surface area (Å²) in [6.07, 6.45) is 21.4. The van der Waals surface area contributed by atoms with Crippen LogP contribution in [0.15, 0.2) is 0 Å². The van der Waals surface area contributed by atoms with E-state index in [0.717, 1.165) is 37.5 Å². The summed E-state index contributed by atoms with van der Waals surface area (Å²) in [4.78, 5) is 28.9. The van der Waals surface area contributed by atoms with Gasteiger partial charge >= 0.3 is 7.82 Å². The second kappa shape index (κ2) is 23.3. The molecule has 0 bridgehead atoms. The number of phosphoric ester groups is 1. The molecule has 0 aliphatic heterocycles. The van der Waals surface area contributed by atoms with E-state index >= 15 is 0 Å². The molecule has 0 aromatic heterocycles. The van der Waals surface area contributed by atoms with Crippen molar-refractivity contribution in [2.75, 3.05) is 18.9 Å². The van der Waals surface area contributed by atoms with Gasteiger partial charge in [0.15, 0.2) is 0 Å². The van der Waals surface area contributed by atoms with Gasteiger partial charge < -0.3 is 15.1 Å². The Bertz CT molecular complexity index is 517. The molecule has 0 aliphatic carbocycles. The molecule has 0 spiro atoms. The number of rotatable bonds is 25. The molecule has 0 aromatic rings. The molecule has 2 unspecified atom stereocenters. The fraction of sp³-hybridized carbons (Fsp3) is 0.962. The summed E-state index contributed by atoms with van der Waals surface area (Å²) >= 11 is 4.13. The van der Waals surface area contributed by atoms with Crippen LogP contribution in [0.1, 0.15) is 129 Å². The van der Waals surface area contributed by atoms with Crippen LogP contribution in [0, 0.1) is 11.8 Å². The first-order chi connectivity index (χ1) is 16.2. The van der Waals surface area contributed by atoms with Gasteiger partial charge in [0.2, 0.25) is 5.91 Å². The van der Waals surface area contributed by atoms with Gasteiger partial charge in [-0.2, -0.15) is 12.6 Å². The van der Waals surface area contributed by atoms with Gasteiger partial charge in [-0.1, -0.05) is 104 Å². The summed E-state index contributed by atoms with van der Waals surface area (Å²) in [5.41, 5.74) is 0. The molecule has 8 heteroatoms. The SMILES string of the molecule is CC(CCCCCCCCCCCCCNC(=O)CCCS)CCCC(C)CCOP(=O)(O)O. The fourth-order valence-corrected chi connectivity index (χ4v) is 4.74. The minimum Gasteiger partial charge on any atom is -0.356 e. The van der Waals surface area contributed by atoms with E-state index in [9.17, 15) is 9.36 Å². The Morgan fingerprint density at radius 1 is 0.765 bits per heavy atom. The third kappa shape index (κ3) is 26.5. The lowest BCUT2D eigenvalue weighted by Crippen LogP contribution is -2.24. The zero-order chi connectivity index (χ0) is 25.5. The van der Waals surface area contributed by atoms with Crippen molar-refractivity contribution in [2.45, 2.75) is 129 Å². The van der Waals surface area contributed by atoms with Crippen LogP contribution < -0.4 is 5.32 Å². The van der Waals surface area contributed by atoms with E-state index < -0.39 is 7.82 Å². The van der Waals surface area contributed by atoms with Gasteiger partial charge in [-0.05, 0) is 36.9 Å². The van der Waals surface area contributed by atoms with Crippen molar-refractivity contribution in [3.8, 4) is 0 Å². The van der Waals surface area contributed by atoms with Crippen LogP contribution in [0.25, 0.3) is 0 Å². The van der Waals surface area contributed by atoms with Crippen molar-refractivity contribution in [3.63, 3.8) is 0 Å². The van der Waals surface area contributed by atoms with E-state index in [4.69, 9.17) is 9.79 Å². The van der Waals surface area contributed by atoms with Gasteiger partial charge in [0.1, 0.15) is 0 Å². The highest BCUT2D eigenvalue weighted by Crippen LogP contribution is 2.36. The second-order valence-electron chi connectivity index (χ2n) is 10.1. The van der Waals surface area contributed by atoms with Gasteiger partial charge in [-0.3, -0.25) is 9.32 Å². The molecule has 2 atom stereocenters. The number of nitrogens with one attached hydrogen (secondary N) is 1. The lowest BCUT2D eigenvalue weighted by Gasteiger charge is -2.14. The number of phosphoric acid groups is 1. The van der Waals surface area contributed by atoms with Gasteiger partial charge in [0, 0.05) is 13.0 Å². The number of carbonyl (C=O) groups excluding carboxylic acids is 1. The highest BCUT2D eigenvalue weighted by Gasteiger charge is 2.14. The topological polar surface area (TPSA) is 95.9 Å². The number of thiol groups is 1. The van der Waals surface area contributed by atoms with Gasteiger partial charge in [-0.25, -0.2) is 4.57 Å². The normalized spacial score (nSPS) is 13.7. The van der Waals surface area contributed by atoms with Crippen molar-refractivity contribution in [3.05, 3.63) is 0 Å². The molecule has 34 heavy (non-hydrogen) atoms. The molecule has 0 radical (unpaired) electrons.